The summed E-state index contributed by atoms with van der Waals surface area (Å²) in [5, 5.41) is 11.8. The first-order chi connectivity index (χ1) is 13.2. The molecule has 1 aliphatic rings. The quantitative estimate of drug-likeness (QED) is 0.770. The lowest BCUT2D eigenvalue weighted by Crippen LogP contribution is -2.39. The minimum Gasteiger partial charge on any atom is -0.496 e. The lowest BCUT2D eigenvalue weighted by atomic mass is 9.99. The van der Waals surface area contributed by atoms with E-state index in [2.05, 4.69) is 15.3 Å². The summed E-state index contributed by atoms with van der Waals surface area (Å²) in [5.74, 6) is 0.686. The normalized spacial score (nSPS) is 17.1. The standard InChI is InChI=1S/C20H23N5O2/c1-24-12-10-15(23-24)18-8-5-6-11-25(18)20(26)17-13-16(21-22-17)14-7-3-4-9-19(14)27-2/h3-4,7,9-10,12-13,18H,5-6,8,11H2,1-2H3,(H,21,22). The number of rotatable bonds is 4. The van der Waals surface area contributed by atoms with Gasteiger partial charge in [-0.05, 0) is 43.5 Å². The number of aryl methyl sites for hydroxylation is 1. The second-order valence-electron chi connectivity index (χ2n) is 6.79. The Bertz CT molecular complexity index is 945. The number of para-hydroxylation sites is 1. The van der Waals surface area contributed by atoms with Crippen molar-refractivity contribution in [2.24, 2.45) is 7.05 Å². The van der Waals surface area contributed by atoms with E-state index in [4.69, 9.17) is 4.74 Å². The summed E-state index contributed by atoms with van der Waals surface area (Å²) in [5.41, 5.74) is 2.98. The number of ether oxygens (including phenoxy) is 1. The Balaban J connectivity index is 1.61. The van der Waals surface area contributed by atoms with Gasteiger partial charge in [0.25, 0.3) is 5.91 Å². The summed E-state index contributed by atoms with van der Waals surface area (Å²) < 4.78 is 7.18. The van der Waals surface area contributed by atoms with E-state index in [1.807, 2.05) is 48.5 Å². The van der Waals surface area contributed by atoms with Crippen molar-refractivity contribution in [1.82, 2.24) is 24.9 Å². The summed E-state index contributed by atoms with van der Waals surface area (Å²) in [6.45, 7) is 0.725. The molecular weight excluding hydrogens is 342 g/mol. The van der Waals surface area contributed by atoms with E-state index >= 15 is 0 Å². The van der Waals surface area contributed by atoms with Gasteiger partial charge in [-0.2, -0.15) is 10.2 Å². The third kappa shape index (κ3) is 3.32. The zero-order valence-corrected chi connectivity index (χ0v) is 15.6. The lowest BCUT2D eigenvalue weighted by molar-refractivity contribution is 0.0599. The molecule has 27 heavy (non-hydrogen) atoms. The molecule has 1 unspecified atom stereocenters. The Morgan fingerprint density at radius 3 is 2.89 bits per heavy atom. The molecule has 0 aliphatic carbocycles. The monoisotopic (exact) mass is 365 g/mol. The fourth-order valence-corrected chi connectivity index (χ4v) is 3.67. The van der Waals surface area contributed by atoms with Crippen LogP contribution in [-0.2, 0) is 7.05 Å². The van der Waals surface area contributed by atoms with E-state index in [9.17, 15) is 4.79 Å². The van der Waals surface area contributed by atoms with E-state index in [1.54, 1.807) is 17.9 Å². The number of methoxy groups -OCH3 is 1. The van der Waals surface area contributed by atoms with Crippen molar-refractivity contribution in [1.29, 1.82) is 0 Å². The maximum atomic E-state index is 13.2. The van der Waals surface area contributed by atoms with Crippen LogP contribution in [0.5, 0.6) is 5.75 Å². The molecule has 0 spiro atoms. The molecule has 2 aromatic heterocycles. The van der Waals surface area contributed by atoms with Gasteiger partial charge in [-0.1, -0.05) is 12.1 Å². The molecule has 0 radical (unpaired) electrons. The molecule has 1 fully saturated rings. The largest absolute Gasteiger partial charge is 0.496 e. The van der Waals surface area contributed by atoms with E-state index in [0.717, 1.165) is 42.8 Å². The highest BCUT2D eigenvalue weighted by molar-refractivity contribution is 5.94. The van der Waals surface area contributed by atoms with Gasteiger partial charge in [0.1, 0.15) is 11.4 Å². The molecule has 0 saturated carbocycles. The van der Waals surface area contributed by atoms with Gasteiger partial charge < -0.3 is 9.64 Å². The number of nitrogens with zero attached hydrogens (tertiary/aromatic N) is 4. The molecule has 4 rings (SSSR count). The SMILES string of the molecule is COc1ccccc1-c1cc(C(=O)N2CCCCC2c2ccn(C)n2)[nH]n1. The van der Waals surface area contributed by atoms with Crippen molar-refractivity contribution in [2.45, 2.75) is 25.3 Å². The number of hydrogen-bond acceptors (Lipinski definition) is 4. The molecule has 7 heteroatoms. The van der Waals surface area contributed by atoms with Crippen LogP contribution in [0.2, 0.25) is 0 Å². The van der Waals surface area contributed by atoms with E-state index < -0.39 is 0 Å². The molecule has 7 nitrogen and oxygen atoms in total. The third-order valence-corrected chi connectivity index (χ3v) is 5.03. The average molecular weight is 365 g/mol. The summed E-state index contributed by atoms with van der Waals surface area (Å²) in [6, 6.07) is 11.4. The first-order valence-corrected chi connectivity index (χ1v) is 9.16. The molecular formula is C20H23N5O2. The molecule has 140 valence electrons. The maximum Gasteiger partial charge on any atom is 0.272 e. The number of H-pyrrole nitrogens is 1. The number of likely N-dealkylation sites (tertiary alicyclic amines) is 1. The Morgan fingerprint density at radius 2 is 2.11 bits per heavy atom. The third-order valence-electron chi connectivity index (χ3n) is 5.03. The second kappa shape index (κ2) is 7.26. The summed E-state index contributed by atoms with van der Waals surface area (Å²) in [4.78, 5) is 15.1. The predicted octanol–water partition coefficient (Wildman–Crippen LogP) is 3.19. The van der Waals surface area contributed by atoms with Crippen molar-refractivity contribution in [3.05, 3.63) is 54.0 Å². The Hall–Kier alpha value is -3.09. The van der Waals surface area contributed by atoms with E-state index in [0.29, 0.717) is 11.4 Å². The topological polar surface area (TPSA) is 76.0 Å². The summed E-state index contributed by atoms with van der Waals surface area (Å²) in [6.07, 6.45) is 4.95. The molecule has 1 atom stereocenters. The molecule has 1 amide bonds. The van der Waals surface area contributed by atoms with E-state index in [-0.39, 0.29) is 11.9 Å². The zero-order chi connectivity index (χ0) is 18.8. The number of carbonyl (C=O) groups excluding carboxylic acids is 1. The molecule has 1 aliphatic heterocycles. The van der Waals surface area contributed by atoms with Crippen molar-refractivity contribution >= 4 is 5.91 Å². The fourth-order valence-electron chi connectivity index (χ4n) is 3.67. The highest BCUT2D eigenvalue weighted by Gasteiger charge is 2.31. The van der Waals surface area contributed by atoms with Gasteiger partial charge in [0, 0.05) is 25.4 Å². The maximum absolute atomic E-state index is 13.2. The van der Waals surface area contributed by atoms with Gasteiger partial charge in [-0.25, -0.2) is 0 Å². The first kappa shape index (κ1) is 17.3. The predicted molar refractivity (Wildman–Crippen MR) is 101 cm³/mol. The van der Waals surface area contributed by atoms with Gasteiger partial charge >= 0.3 is 0 Å². The molecule has 3 heterocycles. The molecule has 1 aromatic carbocycles. The number of nitrogens with one attached hydrogen (secondary N) is 1. The minimum atomic E-state index is -0.0426. The second-order valence-corrected chi connectivity index (χ2v) is 6.79. The van der Waals surface area contributed by atoms with Crippen LogP contribution in [0, 0.1) is 0 Å². The first-order valence-electron chi connectivity index (χ1n) is 9.16. The van der Waals surface area contributed by atoms with Crippen LogP contribution in [0.4, 0.5) is 0 Å². The van der Waals surface area contributed by atoms with E-state index in [1.165, 1.54) is 0 Å². The average Bonchev–Trinajstić information content (AvgIpc) is 3.37. The van der Waals surface area contributed by atoms with Crippen molar-refractivity contribution in [3.8, 4) is 17.0 Å². The van der Waals surface area contributed by atoms with Crippen molar-refractivity contribution in [2.75, 3.05) is 13.7 Å². The van der Waals surface area contributed by atoms with Gasteiger partial charge in [-0.15, -0.1) is 0 Å². The Labute approximate surface area is 157 Å². The van der Waals surface area contributed by atoms with Gasteiger partial charge in [0.05, 0.1) is 24.5 Å². The minimum absolute atomic E-state index is 0.00506. The number of hydrogen-bond donors (Lipinski definition) is 1. The highest BCUT2D eigenvalue weighted by atomic mass is 16.5. The number of piperidine rings is 1. The highest BCUT2D eigenvalue weighted by Crippen LogP contribution is 2.32. The van der Waals surface area contributed by atoms with Crippen molar-refractivity contribution < 1.29 is 9.53 Å². The lowest BCUT2D eigenvalue weighted by Gasteiger charge is -2.34. The molecule has 3 aromatic rings. The van der Waals surface area contributed by atoms with Crippen LogP contribution >= 0.6 is 0 Å². The van der Waals surface area contributed by atoms with Crippen LogP contribution < -0.4 is 4.74 Å². The summed E-state index contributed by atoms with van der Waals surface area (Å²) >= 11 is 0. The Morgan fingerprint density at radius 1 is 1.26 bits per heavy atom. The number of amides is 1. The van der Waals surface area contributed by atoms with Gasteiger partial charge in [-0.3, -0.25) is 14.6 Å². The van der Waals surface area contributed by atoms with Crippen LogP contribution in [-0.4, -0.2) is 44.4 Å². The smallest absolute Gasteiger partial charge is 0.272 e. The number of carbonyl (C=O) groups is 1. The number of aromatic nitrogens is 4. The number of benzene rings is 1. The number of aromatic amines is 1. The van der Waals surface area contributed by atoms with Crippen LogP contribution in [0.3, 0.4) is 0 Å². The van der Waals surface area contributed by atoms with Crippen molar-refractivity contribution in [3.63, 3.8) is 0 Å². The van der Waals surface area contributed by atoms with Crippen LogP contribution in [0.15, 0.2) is 42.6 Å². The summed E-state index contributed by atoms with van der Waals surface area (Å²) in [7, 11) is 3.52. The molecule has 1 N–H and O–H groups in total. The zero-order valence-electron chi connectivity index (χ0n) is 15.6. The van der Waals surface area contributed by atoms with Crippen LogP contribution in [0.25, 0.3) is 11.3 Å². The Kier molecular flexibility index (Phi) is 4.66. The van der Waals surface area contributed by atoms with Gasteiger partial charge in [0.2, 0.25) is 0 Å². The fraction of sp³-hybridized carbons (Fsp3) is 0.350. The molecule has 1 saturated heterocycles. The molecule has 0 bridgehead atoms. The van der Waals surface area contributed by atoms with Gasteiger partial charge in [0.15, 0.2) is 0 Å². The van der Waals surface area contributed by atoms with Crippen LogP contribution in [0.1, 0.15) is 41.5 Å².